The van der Waals surface area contributed by atoms with E-state index in [1.807, 2.05) is 37.3 Å². The van der Waals surface area contributed by atoms with E-state index in [1.165, 1.54) is 22.5 Å². The number of nitrogens with zero attached hydrogens (tertiary/aromatic N) is 2. The summed E-state index contributed by atoms with van der Waals surface area (Å²) >= 11 is 1.48. The van der Waals surface area contributed by atoms with Gasteiger partial charge >= 0.3 is 0 Å². The molecule has 0 radical (unpaired) electrons. The van der Waals surface area contributed by atoms with Gasteiger partial charge in [0.25, 0.3) is 0 Å². The fraction of sp³-hybridized carbons (Fsp3) is 0.458. The number of sulfonamides is 1. The lowest BCUT2D eigenvalue weighted by atomic mass is 10.1. The van der Waals surface area contributed by atoms with Gasteiger partial charge in [0.2, 0.25) is 15.9 Å². The van der Waals surface area contributed by atoms with Gasteiger partial charge in [0.15, 0.2) is 0 Å². The zero-order valence-corrected chi connectivity index (χ0v) is 20.6. The molecule has 178 valence electrons. The Kier molecular flexibility index (Phi) is 7.95. The molecule has 2 aromatic carbocycles. The molecule has 0 aliphatic carbocycles. The fourth-order valence-electron chi connectivity index (χ4n) is 4.17. The van der Waals surface area contributed by atoms with Crippen LogP contribution in [0.3, 0.4) is 0 Å². The summed E-state index contributed by atoms with van der Waals surface area (Å²) in [6, 6.07) is 13.1. The second kappa shape index (κ2) is 10.9. The number of aryl methyl sites for hydroxylation is 1. The van der Waals surface area contributed by atoms with E-state index in [4.69, 9.17) is 4.74 Å². The van der Waals surface area contributed by atoms with Crippen LogP contribution >= 0.6 is 11.8 Å². The minimum absolute atomic E-state index is 0.151. The Labute approximate surface area is 200 Å². The predicted octanol–water partition coefficient (Wildman–Crippen LogP) is 3.74. The summed E-state index contributed by atoms with van der Waals surface area (Å²) in [7, 11) is -3.65. The number of piperidine rings is 1. The number of hydrogen-bond donors (Lipinski definition) is 1. The number of anilines is 2. The number of carbonyl (C=O) groups excluding carboxylic acids is 1. The Balaban J connectivity index is 1.56. The fourth-order valence-corrected chi connectivity index (χ4v) is 6.43. The predicted molar refractivity (Wildman–Crippen MR) is 133 cm³/mol. The summed E-state index contributed by atoms with van der Waals surface area (Å²) in [5.41, 5.74) is 2.56. The van der Waals surface area contributed by atoms with Gasteiger partial charge in [-0.15, -0.1) is 11.8 Å². The molecule has 1 N–H and O–H groups in total. The minimum atomic E-state index is -3.65. The van der Waals surface area contributed by atoms with Crippen LogP contribution in [0.25, 0.3) is 0 Å². The molecule has 2 saturated heterocycles. The number of morpholine rings is 1. The van der Waals surface area contributed by atoms with E-state index in [9.17, 15) is 13.2 Å². The Hall–Kier alpha value is -2.07. The van der Waals surface area contributed by atoms with Crippen molar-refractivity contribution in [2.45, 2.75) is 36.0 Å². The van der Waals surface area contributed by atoms with E-state index in [-0.39, 0.29) is 16.6 Å². The van der Waals surface area contributed by atoms with Crippen molar-refractivity contribution in [3.63, 3.8) is 0 Å². The Morgan fingerprint density at radius 2 is 1.76 bits per heavy atom. The van der Waals surface area contributed by atoms with Crippen LogP contribution in [-0.4, -0.2) is 63.8 Å². The topological polar surface area (TPSA) is 79.0 Å². The molecule has 0 bridgehead atoms. The monoisotopic (exact) mass is 489 g/mol. The smallest absolute Gasteiger partial charge is 0.243 e. The van der Waals surface area contributed by atoms with Crippen LogP contribution < -0.4 is 10.2 Å². The zero-order valence-electron chi connectivity index (χ0n) is 19.0. The van der Waals surface area contributed by atoms with Gasteiger partial charge in [-0.3, -0.25) is 4.79 Å². The molecular formula is C24H31N3O4S2. The molecule has 2 aliphatic rings. The van der Waals surface area contributed by atoms with Gasteiger partial charge in [0.1, 0.15) is 0 Å². The first kappa shape index (κ1) is 24.1. The van der Waals surface area contributed by atoms with Crippen molar-refractivity contribution in [3.05, 3.63) is 48.0 Å². The number of rotatable bonds is 7. The maximum atomic E-state index is 13.2. The second-order valence-corrected chi connectivity index (χ2v) is 11.3. The lowest BCUT2D eigenvalue weighted by molar-refractivity contribution is -0.113. The molecule has 0 atom stereocenters. The molecular weight excluding hydrogens is 458 g/mol. The van der Waals surface area contributed by atoms with Crippen LogP contribution in [0.4, 0.5) is 11.4 Å². The second-order valence-electron chi connectivity index (χ2n) is 8.35. The van der Waals surface area contributed by atoms with Gasteiger partial charge in [0, 0.05) is 31.1 Å². The van der Waals surface area contributed by atoms with E-state index in [1.54, 1.807) is 12.1 Å². The lowest BCUT2D eigenvalue weighted by Crippen LogP contribution is -2.40. The molecule has 2 aliphatic heterocycles. The Bertz CT molecular complexity index is 1080. The Morgan fingerprint density at radius 3 is 2.48 bits per heavy atom. The highest BCUT2D eigenvalue weighted by Crippen LogP contribution is 2.33. The maximum Gasteiger partial charge on any atom is 0.243 e. The van der Waals surface area contributed by atoms with Crippen molar-refractivity contribution in [2.24, 2.45) is 0 Å². The first-order valence-electron chi connectivity index (χ1n) is 11.4. The van der Waals surface area contributed by atoms with Crippen molar-refractivity contribution < 1.29 is 17.9 Å². The van der Waals surface area contributed by atoms with Crippen molar-refractivity contribution >= 4 is 39.1 Å². The molecule has 2 heterocycles. The molecule has 0 unspecified atom stereocenters. The average molecular weight is 490 g/mol. The van der Waals surface area contributed by atoms with Crippen molar-refractivity contribution in [3.8, 4) is 0 Å². The summed E-state index contributed by atoms with van der Waals surface area (Å²) in [5, 5.41) is 3.00. The van der Waals surface area contributed by atoms with Gasteiger partial charge < -0.3 is 15.0 Å². The molecule has 9 heteroatoms. The van der Waals surface area contributed by atoms with Gasteiger partial charge in [0.05, 0.1) is 35.2 Å². The molecule has 0 spiro atoms. The highest BCUT2D eigenvalue weighted by Gasteiger charge is 2.28. The van der Waals surface area contributed by atoms with E-state index in [0.717, 1.165) is 42.1 Å². The minimum Gasteiger partial charge on any atom is -0.379 e. The van der Waals surface area contributed by atoms with Crippen LogP contribution in [0.5, 0.6) is 0 Å². The molecule has 1 amide bonds. The number of amides is 1. The first-order valence-corrected chi connectivity index (χ1v) is 13.8. The zero-order chi connectivity index (χ0) is 23.3. The van der Waals surface area contributed by atoms with E-state index in [0.29, 0.717) is 32.0 Å². The van der Waals surface area contributed by atoms with Crippen LogP contribution in [0.15, 0.2) is 52.3 Å². The molecule has 2 aromatic rings. The molecule has 0 aromatic heterocycles. The SMILES string of the molecule is Cc1ccccc1SCC(=O)Nc1cc(S(=O)(=O)N2CCOCC2)ccc1N1CCCCC1. The lowest BCUT2D eigenvalue weighted by Gasteiger charge is -2.31. The summed E-state index contributed by atoms with van der Waals surface area (Å²) in [4.78, 5) is 16.4. The summed E-state index contributed by atoms with van der Waals surface area (Å²) < 4.78 is 33.2. The van der Waals surface area contributed by atoms with E-state index < -0.39 is 10.0 Å². The van der Waals surface area contributed by atoms with Crippen molar-refractivity contribution in [1.82, 2.24) is 4.31 Å². The third kappa shape index (κ3) is 5.90. The van der Waals surface area contributed by atoms with Crippen LogP contribution in [0.1, 0.15) is 24.8 Å². The third-order valence-electron chi connectivity index (χ3n) is 6.00. The number of nitrogens with one attached hydrogen (secondary N) is 1. The number of ether oxygens (including phenoxy) is 1. The van der Waals surface area contributed by atoms with Gasteiger partial charge in [-0.1, -0.05) is 18.2 Å². The molecule has 4 rings (SSSR count). The van der Waals surface area contributed by atoms with Crippen molar-refractivity contribution in [2.75, 3.05) is 55.4 Å². The van der Waals surface area contributed by atoms with Crippen molar-refractivity contribution in [1.29, 1.82) is 0 Å². The highest BCUT2D eigenvalue weighted by atomic mass is 32.2. The van der Waals surface area contributed by atoms with Crippen LogP contribution in [0, 0.1) is 6.92 Å². The van der Waals surface area contributed by atoms with Gasteiger partial charge in [-0.2, -0.15) is 4.31 Å². The number of benzene rings is 2. The first-order chi connectivity index (χ1) is 15.9. The van der Waals surface area contributed by atoms with E-state index >= 15 is 0 Å². The number of hydrogen-bond acceptors (Lipinski definition) is 6. The largest absolute Gasteiger partial charge is 0.379 e. The Morgan fingerprint density at radius 1 is 1.03 bits per heavy atom. The third-order valence-corrected chi connectivity index (χ3v) is 9.07. The van der Waals surface area contributed by atoms with E-state index in [2.05, 4.69) is 10.2 Å². The molecule has 7 nitrogen and oxygen atoms in total. The van der Waals surface area contributed by atoms with Gasteiger partial charge in [-0.05, 0) is 56.0 Å². The standard InChI is InChI=1S/C24H31N3O4S2/c1-19-7-3-4-8-23(19)32-18-24(28)25-21-17-20(33(29,30)27-13-15-31-16-14-27)9-10-22(21)26-11-5-2-6-12-26/h3-4,7-10,17H,2,5-6,11-16,18H2,1H3,(H,25,28). The number of carbonyl (C=O) groups is 1. The quantitative estimate of drug-likeness (QED) is 0.597. The molecule has 2 fully saturated rings. The average Bonchev–Trinajstić information content (AvgIpc) is 2.84. The highest BCUT2D eigenvalue weighted by molar-refractivity contribution is 8.00. The normalized spacial score (nSPS) is 17.7. The van der Waals surface area contributed by atoms with Gasteiger partial charge in [-0.25, -0.2) is 8.42 Å². The summed E-state index contributed by atoms with van der Waals surface area (Å²) in [6.07, 6.45) is 3.36. The summed E-state index contributed by atoms with van der Waals surface area (Å²) in [6.45, 7) is 5.28. The number of thioether (sulfide) groups is 1. The maximum absolute atomic E-state index is 13.2. The van der Waals surface area contributed by atoms with Crippen LogP contribution in [-0.2, 0) is 19.6 Å². The van der Waals surface area contributed by atoms with Crippen LogP contribution in [0.2, 0.25) is 0 Å². The summed E-state index contributed by atoms with van der Waals surface area (Å²) in [5.74, 6) is 0.104. The molecule has 0 saturated carbocycles. The molecule has 33 heavy (non-hydrogen) atoms.